The van der Waals surface area contributed by atoms with Crippen molar-refractivity contribution in [2.75, 3.05) is 6.54 Å². The number of hydrogen-bond acceptors (Lipinski definition) is 1. The number of halogens is 1. The fraction of sp³-hybridized carbons (Fsp3) is 0.600. The van der Waals surface area contributed by atoms with Gasteiger partial charge < -0.3 is 5.32 Å². The van der Waals surface area contributed by atoms with Gasteiger partial charge in [0.2, 0.25) is 0 Å². The summed E-state index contributed by atoms with van der Waals surface area (Å²) in [5, 5.41) is 3.55. The van der Waals surface area contributed by atoms with Crippen LogP contribution in [0.2, 0.25) is 0 Å². The molecule has 96 valence electrons. The first-order valence-electron chi connectivity index (χ1n) is 6.35. The van der Waals surface area contributed by atoms with Crippen molar-refractivity contribution in [3.8, 4) is 0 Å². The summed E-state index contributed by atoms with van der Waals surface area (Å²) in [6.45, 7) is 11.6. The van der Waals surface area contributed by atoms with Gasteiger partial charge in [-0.1, -0.05) is 39.8 Å². The maximum absolute atomic E-state index is 13.3. The smallest absolute Gasteiger partial charge is 0.126 e. The van der Waals surface area contributed by atoms with Crippen LogP contribution in [-0.4, -0.2) is 6.54 Å². The molecule has 0 bridgehead atoms. The molecule has 0 spiro atoms. The van der Waals surface area contributed by atoms with E-state index in [4.69, 9.17) is 0 Å². The Kier molecular flexibility index (Phi) is 4.70. The maximum Gasteiger partial charge on any atom is 0.126 e. The fourth-order valence-electron chi connectivity index (χ4n) is 2.06. The SMILES string of the molecule is CCCNC(c1ccc(F)c(C)c1)C(C)(C)C. The molecule has 1 aromatic rings. The number of hydrogen-bond donors (Lipinski definition) is 1. The minimum absolute atomic E-state index is 0.124. The van der Waals surface area contributed by atoms with Crippen LogP contribution in [0.4, 0.5) is 4.39 Å². The Bertz CT molecular complexity index is 366. The van der Waals surface area contributed by atoms with Crippen LogP contribution in [0, 0.1) is 18.2 Å². The molecule has 0 radical (unpaired) electrons. The molecule has 0 saturated carbocycles. The predicted octanol–water partition coefficient (Wildman–Crippen LogP) is 4.22. The first-order chi connectivity index (χ1) is 7.86. The lowest BCUT2D eigenvalue weighted by molar-refractivity contribution is 0.273. The second-order valence-corrected chi connectivity index (χ2v) is 5.76. The largest absolute Gasteiger partial charge is 0.309 e. The Morgan fingerprint density at radius 2 is 1.94 bits per heavy atom. The second kappa shape index (κ2) is 5.63. The third-order valence-corrected chi connectivity index (χ3v) is 2.98. The topological polar surface area (TPSA) is 12.0 Å². The average Bonchev–Trinajstić information content (AvgIpc) is 2.22. The van der Waals surface area contributed by atoms with Gasteiger partial charge in [0, 0.05) is 6.04 Å². The van der Waals surface area contributed by atoms with E-state index < -0.39 is 0 Å². The van der Waals surface area contributed by atoms with Gasteiger partial charge in [-0.3, -0.25) is 0 Å². The highest BCUT2D eigenvalue weighted by molar-refractivity contribution is 5.27. The van der Waals surface area contributed by atoms with E-state index >= 15 is 0 Å². The van der Waals surface area contributed by atoms with Gasteiger partial charge in [-0.15, -0.1) is 0 Å². The van der Waals surface area contributed by atoms with E-state index in [1.54, 1.807) is 6.07 Å². The van der Waals surface area contributed by atoms with E-state index in [2.05, 4.69) is 33.0 Å². The van der Waals surface area contributed by atoms with Crippen molar-refractivity contribution < 1.29 is 4.39 Å². The molecule has 2 heteroatoms. The molecule has 1 aromatic carbocycles. The van der Waals surface area contributed by atoms with Crippen molar-refractivity contribution in [1.29, 1.82) is 0 Å². The standard InChI is InChI=1S/C15H24FN/c1-6-9-17-14(15(3,4)5)12-7-8-13(16)11(2)10-12/h7-8,10,14,17H,6,9H2,1-5H3. The van der Waals surface area contributed by atoms with Crippen molar-refractivity contribution in [1.82, 2.24) is 5.32 Å². The molecule has 1 nitrogen and oxygen atoms in total. The molecule has 1 atom stereocenters. The molecule has 0 saturated heterocycles. The third-order valence-electron chi connectivity index (χ3n) is 2.98. The maximum atomic E-state index is 13.3. The second-order valence-electron chi connectivity index (χ2n) is 5.76. The van der Waals surface area contributed by atoms with E-state index in [0.717, 1.165) is 18.5 Å². The fourth-order valence-corrected chi connectivity index (χ4v) is 2.06. The summed E-state index contributed by atoms with van der Waals surface area (Å²) in [7, 11) is 0. The zero-order valence-electron chi connectivity index (χ0n) is 11.6. The highest BCUT2D eigenvalue weighted by Gasteiger charge is 2.25. The van der Waals surface area contributed by atoms with Gasteiger partial charge in [0.25, 0.3) is 0 Å². The first-order valence-corrected chi connectivity index (χ1v) is 6.35. The van der Waals surface area contributed by atoms with E-state index in [0.29, 0.717) is 0 Å². The molecule has 0 amide bonds. The molecule has 1 rings (SSSR count). The summed E-state index contributed by atoms with van der Waals surface area (Å²) in [6.07, 6.45) is 1.10. The minimum Gasteiger partial charge on any atom is -0.309 e. The van der Waals surface area contributed by atoms with Gasteiger partial charge in [0.1, 0.15) is 5.82 Å². The lowest BCUT2D eigenvalue weighted by Gasteiger charge is -2.32. The summed E-state index contributed by atoms with van der Waals surface area (Å²) in [5.41, 5.74) is 2.01. The lowest BCUT2D eigenvalue weighted by atomic mass is 9.82. The van der Waals surface area contributed by atoms with Gasteiger partial charge in [-0.2, -0.15) is 0 Å². The van der Waals surface area contributed by atoms with E-state index in [1.807, 2.05) is 19.1 Å². The van der Waals surface area contributed by atoms with Crippen LogP contribution in [0.15, 0.2) is 18.2 Å². The van der Waals surface area contributed by atoms with Gasteiger partial charge >= 0.3 is 0 Å². The Hall–Kier alpha value is -0.890. The third kappa shape index (κ3) is 3.81. The number of rotatable bonds is 4. The molecule has 1 unspecified atom stereocenters. The normalized spacial score (nSPS) is 13.8. The van der Waals surface area contributed by atoms with Crippen LogP contribution in [0.3, 0.4) is 0 Å². The Morgan fingerprint density at radius 3 is 2.41 bits per heavy atom. The van der Waals surface area contributed by atoms with Crippen LogP contribution in [-0.2, 0) is 0 Å². The summed E-state index contributed by atoms with van der Waals surface area (Å²) < 4.78 is 13.3. The van der Waals surface area contributed by atoms with Crippen molar-refractivity contribution >= 4 is 0 Å². The molecule has 1 N–H and O–H groups in total. The molecular weight excluding hydrogens is 213 g/mol. The predicted molar refractivity (Wildman–Crippen MR) is 71.6 cm³/mol. The molecule has 0 fully saturated rings. The zero-order chi connectivity index (χ0) is 13.1. The van der Waals surface area contributed by atoms with Gasteiger partial charge in [0.15, 0.2) is 0 Å². The van der Waals surface area contributed by atoms with Crippen molar-refractivity contribution in [2.24, 2.45) is 5.41 Å². The summed E-state index contributed by atoms with van der Waals surface area (Å²) in [4.78, 5) is 0. The monoisotopic (exact) mass is 237 g/mol. The van der Waals surface area contributed by atoms with Crippen LogP contribution in [0.25, 0.3) is 0 Å². The minimum atomic E-state index is -0.128. The van der Waals surface area contributed by atoms with Crippen LogP contribution < -0.4 is 5.32 Å². The first kappa shape index (κ1) is 14.2. The average molecular weight is 237 g/mol. The molecule has 0 aliphatic carbocycles. The van der Waals surface area contributed by atoms with Gasteiger partial charge in [0.05, 0.1) is 0 Å². The van der Waals surface area contributed by atoms with E-state index in [-0.39, 0.29) is 17.3 Å². The van der Waals surface area contributed by atoms with Crippen LogP contribution in [0.1, 0.15) is 51.3 Å². The molecule has 0 aliphatic heterocycles. The molecule has 17 heavy (non-hydrogen) atoms. The molecule has 0 aliphatic rings. The molecule has 0 aromatic heterocycles. The molecular formula is C15H24FN. The summed E-state index contributed by atoms with van der Waals surface area (Å²) >= 11 is 0. The quantitative estimate of drug-likeness (QED) is 0.826. The summed E-state index contributed by atoms with van der Waals surface area (Å²) in [6, 6.07) is 5.67. The highest BCUT2D eigenvalue weighted by atomic mass is 19.1. The van der Waals surface area contributed by atoms with Crippen LogP contribution in [0.5, 0.6) is 0 Å². The van der Waals surface area contributed by atoms with Crippen molar-refractivity contribution in [3.05, 3.63) is 35.1 Å². The Balaban J connectivity index is 3.00. The lowest BCUT2D eigenvalue weighted by Crippen LogP contribution is -2.32. The number of benzene rings is 1. The Morgan fingerprint density at radius 1 is 1.29 bits per heavy atom. The Labute approximate surface area is 104 Å². The van der Waals surface area contributed by atoms with Gasteiger partial charge in [-0.25, -0.2) is 4.39 Å². The van der Waals surface area contributed by atoms with E-state index in [9.17, 15) is 4.39 Å². The highest BCUT2D eigenvalue weighted by Crippen LogP contribution is 2.33. The number of nitrogens with one attached hydrogen (secondary N) is 1. The summed E-state index contributed by atoms with van der Waals surface area (Å²) in [5.74, 6) is -0.128. The number of aryl methyl sites for hydroxylation is 1. The zero-order valence-corrected chi connectivity index (χ0v) is 11.6. The van der Waals surface area contributed by atoms with Crippen LogP contribution >= 0.6 is 0 Å². The molecule has 0 heterocycles. The van der Waals surface area contributed by atoms with Gasteiger partial charge in [-0.05, 0) is 42.5 Å². The van der Waals surface area contributed by atoms with Crippen molar-refractivity contribution in [2.45, 2.75) is 47.1 Å². The van der Waals surface area contributed by atoms with E-state index in [1.165, 1.54) is 5.56 Å². The van der Waals surface area contributed by atoms with Crippen molar-refractivity contribution in [3.63, 3.8) is 0 Å².